The van der Waals surface area contributed by atoms with Crippen LogP contribution >= 0.6 is 24.0 Å². The lowest BCUT2D eigenvalue weighted by atomic mass is 10.2. The molecule has 0 heterocycles. The molecule has 1 rings (SSSR count). The Morgan fingerprint density at radius 1 is 1.10 bits per heavy atom. The molecule has 6 nitrogen and oxygen atoms in total. The van der Waals surface area contributed by atoms with Crippen molar-refractivity contribution in [3.63, 3.8) is 0 Å². The fraction of sp³-hybridized carbons (Fsp3) is 0.636. The van der Waals surface area contributed by atoms with Crippen LogP contribution in [-0.4, -0.2) is 55.5 Å². The smallest absolute Gasteiger partial charge is 0.222 e. The molecule has 0 aliphatic rings. The fourth-order valence-corrected chi connectivity index (χ4v) is 2.94. The van der Waals surface area contributed by atoms with Gasteiger partial charge in [0.15, 0.2) is 5.96 Å². The Morgan fingerprint density at radius 3 is 2.41 bits per heavy atom. The molecule has 1 aromatic carbocycles. The van der Waals surface area contributed by atoms with E-state index in [-0.39, 0.29) is 29.9 Å². The number of nitrogens with zero attached hydrogens (tertiary/aromatic N) is 2. The number of carbonyl (C=O) groups is 1. The molecule has 0 bridgehead atoms. The fourth-order valence-electron chi connectivity index (χ4n) is 2.94. The Labute approximate surface area is 194 Å². The average molecular weight is 518 g/mol. The quantitative estimate of drug-likeness (QED) is 0.213. The number of benzene rings is 1. The second kappa shape index (κ2) is 17.5. The number of aliphatic imine (C=N–C) groups is 1. The lowest BCUT2D eigenvalue weighted by Gasteiger charge is -2.21. The number of hydrogen-bond acceptors (Lipinski definition) is 3. The first-order valence-electron chi connectivity index (χ1n) is 10.7. The van der Waals surface area contributed by atoms with Crippen molar-refractivity contribution in [3.05, 3.63) is 35.9 Å². The Balaban J connectivity index is 0.00000784. The molecule has 0 saturated heterocycles. The second-order valence-corrected chi connectivity index (χ2v) is 6.99. The van der Waals surface area contributed by atoms with Gasteiger partial charge < -0.3 is 20.9 Å². The van der Waals surface area contributed by atoms with E-state index in [2.05, 4.69) is 53.5 Å². The normalized spacial score (nSPS) is 12.2. The summed E-state index contributed by atoms with van der Waals surface area (Å²) in [5.41, 5.74) is 1.10. The van der Waals surface area contributed by atoms with Gasteiger partial charge in [-0.2, -0.15) is 0 Å². The number of guanidine groups is 1. The molecular formula is C22H40IN5O. The molecule has 7 heteroatoms. The minimum atomic E-state index is 0. The van der Waals surface area contributed by atoms with E-state index < -0.39 is 0 Å². The van der Waals surface area contributed by atoms with Crippen molar-refractivity contribution in [3.8, 4) is 0 Å². The van der Waals surface area contributed by atoms with E-state index in [9.17, 15) is 4.79 Å². The molecule has 1 atom stereocenters. The van der Waals surface area contributed by atoms with Gasteiger partial charge in [-0.25, -0.2) is 0 Å². The van der Waals surface area contributed by atoms with Crippen molar-refractivity contribution >= 4 is 35.8 Å². The van der Waals surface area contributed by atoms with Crippen molar-refractivity contribution in [1.82, 2.24) is 20.9 Å². The number of rotatable bonds is 13. The summed E-state index contributed by atoms with van der Waals surface area (Å²) in [6.45, 7) is 13.8. The largest absolute Gasteiger partial charge is 0.357 e. The molecule has 1 amide bonds. The Bertz CT molecular complexity index is 564. The molecule has 0 aromatic heterocycles. The Kier molecular flexibility index (Phi) is 16.7. The van der Waals surface area contributed by atoms with Crippen molar-refractivity contribution in [2.45, 2.75) is 59.5 Å². The van der Waals surface area contributed by atoms with E-state index in [1.54, 1.807) is 0 Å². The van der Waals surface area contributed by atoms with Crippen LogP contribution < -0.4 is 16.0 Å². The highest BCUT2D eigenvalue weighted by Crippen LogP contribution is 2.00. The topological polar surface area (TPSA) is 68.8 Å². The first-order valence-corrected chi connectivity index (χ1v) is 10.7. The third-order valence-corrected chi connectivity index (χ3v) is 4.67. The number of nitrogens with one attached hydrogen (secondary N) is 3. The van der Waals surface area contributed by atoms with Crippen molar-refractivity contribution in [2.75, 3.05) is 32.7 Å². The average Bonchev–Trinajstić information content (AvgIpc) is 2.70. The Hall–Kier alpha value is -1.35. The Morgan fingerprint density at radius 2 is 1.79 bits per heavy atom. The maximum absolute atomic E-state index is 12.0. The summed E-state index contributed by atoms with van der Waals surface area (Å²) in [6, 6.07) is 10.3. The highest BCUT2D eigenvalue weighted by molar-refractivity contribution is 14.0. The van der Waals surface area contributed by atoms with Gasteiger partial charge in [-0.05, 0) is 51.9 Å². The zero-order valence-corrected chi connectivity index (χ0v) is 20.9. The molecule has 0 aliphatic heterocycles. The maximum atomic E-state index is 12.0. The van der Waals surface area contributed by atoms with Crippen LogP contribution in [0.25, 0.3) is 0 Å². The molecule has 1 unspecified atom stereocenters. The van der Waals surface area contributed by atoms with Gasteiger partial charge in [0, 0.05) is 25.6 Å². The van der Waals surface area contributed by atoms with Gasteiger partial charge in [-0.1, -0.05) is 44.2 Å². The minimum absolute atomic E-state index is 0. The van der Waals surface area contributed by atoms with Gasteiger partial charge >= 0.3 is 0 Å². The molecule has 0 spiro atoms. The third-order valence-electron chi connectivity index (χ3n) is 4.67. The zero-order chi connectivity index (χ0) is 20.6. The van der Waals surface area contributed by atoms with E-state index in [1.807, 2.05) is 30.3 Å². The minimum Gasteiger partial charge on any atom is -0.357 e. The van der Waals surface area contributed by atoms with Gasteiger partial charge in [0.25, 0.3) is 0 Å². The molecule has 0 aliphatic carbocycles. The first-order chi connectivity index (χ1) is 13.6. The predicted molar refractivity (Wildman–Crippen MR) is 134 cm³/mol. The molecule has 1 aromatic rings. The van der Waals surface area contributed by atoms with Crippen molar-refractivity contribution in [1.29, 1.82) is 0 Å². The van der Waals surface area contributed by atoms with Crippen LogP contribution in [-0.2, 0) is 11.3 Å². The highest BCUT2D eigenvalue weighted by Gasteiger charge is 2.07. The molecule has 0 radical (unpaired) electrons. The molecule has 166 valence electrons. The van der Waals surface area contributed by atoms with E-state index >= 15 is 0 Å². The number of hydrogen-bond donors (Lipinski definition) is 3. The van der Waals surface area contributed by atoms with Gasteiger partial charge in [-0.3, -0.25) is 9.79 Å². The number of amides is 1. The SMILES string of the molecule is CCNC(=NCCC(=O)NCc1ccccc1)NC(C)CCCN(CC)CC.I. The van der Waals surface area contributed by atoms with Crippen LogP contribution in [0.4, 0.5) is 0 Å². The summed E-state index contributed by atoms with van der Waals surface area (Å²) in [4.78, 5) is 19.0. The van der Waals surface area contributed by atoms with E-state index in [0.29, 0.717) is 25.6 Å². The summed E-state index contributed by atoms with van der Waals surface area (Å²) < 4.78 is 0. The molecule has 0 saturated carbocycles. The monoisotopic (exact) mass is 517 g/mol. The van der Waals surface area contributed by atoms with E-state index in [0.717, 1.165) is 50.5 Å². The molecule has 29 heavy (non-hydrogen) atoms. The van der Waals surface area contributed by atoms with Gasteiger partial charge in [0.1, 0.15) is 0 Å². The standard InChI is InChI=1S/C22H39N5O.HI/c1-5-23-22(26-19(4)12-11-17-27(6-2)7-3)24-16-15-21(28)25-18-20-13-9-8-10-14-20;/h8-10,13-14,19H,5-7,11-12,15-18H2,1-4H3,(H,25,28)(H2,23,24,26);1H. The molecule has 3 N–H and O–H groups in total. The van der Waals surface area contributed by atoms with Crippen LogP contribution in [0, 0.1) is 0 Å². The number of halogens is 1. The van der Waals surface area contributed by atoms with E-state index in [4.69, 9.17) is 0 Å². The zero-order valence-electron chi connectivity index (χ0n) is 18.5. The summed E-state index contributed by atoms with van der Waals surface area (Å²) in [6.07, 6.45) is 2.65. The lowest BCUT2D eigenvalue weighted by molar-refractivity contribution is -0.121. The van der Waals surface area contributed by atoms with Gasteiger partial charge in [-0.15, -0.1) is 24.0 Å². The van der Waals surface area contributed by atoms with Crippen LogP contribution in [0.1, 0.15) is 52.5 Å². The van der Waals surface area contributed by atoms with Crippen LogP contribution in [0.5, 0.6) is 0 Å². The van der Waals surface area contributed by atoms with Crippen LogP contribution in [0.3, 0.4) is 0 Å². The summed E-state index contributed by atoms with van der Waals surface area (Å²) >= 11 is 0. The summed E-state index contributed by atoms with van der Waals surface area (Å²) in [7, 11) is 0. The van der Waals surface area contributed by atoms with Gasteiger partial charge in [0.05, 0.1) is 6.54 Å². The molecule has 0 fully saturated rings. The lowest BCUT2D eigenvalue weighted by Crippen LogP contribution is -2.42. The third kappa shape index (κ3) is 13.5. The highest BCUT2D eigenvalue weighted by atomic mass is 127. The number of carbonyl (C=O) groups excluding carboxylic acids is 1. The van der Waals surface area contributed by atoms with Crippen molar-refractivity contribution < 1.29 is 4.79 Å². The summed E-state index contributed by atoms with van der Waals surface area (Å²) in [5, 5.41) is 9.65. The predicted octanol–water partition coefficient (Wildman–Crippen LogP) is 3.38. The van der Waals surface area contributed by atoms with Gasteiger partial charge in [0.2, 0.25) is 5.91 Å². The summed E-state index contributed by atoms with van der Waals surface area (Å²) in [5.74, 6) is 0.810. The van der Waals surface area contributed by atoms with Crippen molar-refractivity contribution in [2.24, 2.45) is 4.99 Å². The first kappa shape index (κ1) is 27.6. The maximum Gasteiger partial charge on any atom is 0.222 e. The van der Waals surface area contributed by atoms with E-state index in [1.165, 1.54) is 0 Å². The van der Waals surface area contributed by atoms with Crippen LogP contribution in [0.2, 0.25) is 0 Å². The second-order valence-electron chi connectivity index (χ2n) is 6.99. The van der Waals surface area contributed by atoms with Crippen LogP contribution in [0.15, 0.2) is 35.3 Å². The molecular weight excluding hydrogens is 477 g/mol.